The number of nitrogens with two attached hydrogens (primary N) is 1. The van der Waals surface area contributed by atoms with Gasteiger partial charge >= 0.3 is 0 Å². The van der Waals surface area contributed by atoms with Gasteiger partial charge in [0.05, 0.1) is 0 Å². The van der Waals surface area contributed by atoms with Gasteiger partial charge in [-0.05, 0) is 19.3 Å². The molecule has 16 heavy (non-hydrogen) atoms. The summed E-state index contributed by atoms with van der Waals surface area (Å²) in [6.45, 7) is 3.12. The Hall–Kier alpha value is -1.36. The Balaban J connectivity index is 2.06. The molecule has 0 aromatic carbocycles. The highest BCUT2D eigenvalue weighted by Gasteiger charge is 2.27. The molecule has 1 aliphatic rings. The van der Waals surface area contributed by atoms with E-state index in [1.54, 1.807) is 0 Å². The summed E-state index contributed by atoms with van der Waals surface area (Å²) in [5, 5.41) is 3.30. The van der Waals surface area contributed by atoms with Crippen LogP contribution in [0.2, 0.25) is 0 Å². The molecule has 5 nitrogen and oxygen atoms in total. The van der Waals surface area contributed by atoms with Crippen molar-refractivity contribution in [1.29, 1.82) is 0 Å². The maximum Gasteiger partial charge on any atom is 0.145 e. The van der Waals surface area contributed by atoms with Gasteiger partial charge in [0.15, 0.2) is 0 Å². The summed E-state index contributed by atoms with van der Waals surface area (Å²) in [5.41, 5.74) is 2.59. The molecule has 0 bridgehead atoms. The highest BCUT2D eigenvalue weighted by Crippen LogP contribution is 2.38. The molecule has 1 aromatic heterocycles. The summed E-state index contributed by atoms with van der Waals surface area (Å²) in [4.78, 5) is 8.85. The number of hydrazine groups is 1. The van der Waals surface area contributed by atoms with Gasteiger partial charge in [0, 0.05) is 18.5 Å². The third kappa shape index (κ3) is 2.82. The van der Waals surface area contributed by atoms with Crippen molar-refractivity contribution >= 4 is 11.6 Å². The van der Waals surface area contributed by atoms with Crippen molar-refractivity contribution in [2.75, 3.05) is 17.3 Å². The monoisotopic (exact) mass is 221 g/mol. The van der Waals surface area contributed by atoms with Crippen LogP contribution in [-0.4, -0.2) is 16.5 Å². The topological polar surface area (TPSA) is 75.9 Å². The zero-order chi connectivity index (χ0) is 11.4. The van der Waals surface area contributed by atoms with Crippen LogP contribution >= 0.6 is 0 Å². The lowest BCUT2D eigenvalue weighted by atomic mass is 10.3. The zero-order valence-electron chi connectivity index (χ0n) is 9.66. The van der Waals surface area contributed by atoms with Crippen molar-refractivity contribution in [3.05, 3.63) is 11.9 Å². The molecule has 88 valence electrons. The molecule has 1 heterocycles. The number of nitrogen functional groups attached to an aromatic ring is 1. The van der Waals surface area contributed by atoms with E-state index < -0.39 is 0 Å². The molecule has 0 saturated heterocycles. The first-order valence-corrected chi connectivity index (χ1v) is 5.93. The fraction of sp³-hybridized carbons (Fsp3) is 0.636. The second kappa shape index (κ2) is 5.12. The average Bonchev–Trinajstić information content (AvgIpc) is 3.13. The number of hydrogen-bond acceptors (Lipinski definition) is 5. The van der Waals surface area contributed by atoms with Crippen LogP contribution in [0.1, 0.15) is 44.3 Å². The Morgan fingerprint density at radius 3 is 2.75 bits per heavy atom. The maximum atomic E-state index is 5.39. The smallest absolute Gasteiger partial charge is 0.145 e. The predicted octanol–water partition coefficient (Wildman–Crippen LogP) is 1.85. The van der Waals surface area contributed by atoms with Crippen molar-refractivity contribution in [3.8, 4) is 0 Å². The summed E-state index contributed by atoms with van der Waals surface area (Å²) < 4.78 is 0. The molecule has 1 aromatic rings. The molecule has 5 heteroatoms. The summed E-state index contributed by atoms with van der Waals surface area (Å²) in [7, 11) is 0. The number of nitrogens with one attached hydrogen (secondary N) is 2. The first-order valence-electron chi connectivity index (χ1n) is 5.93. The summed E-state index contributed by atoms with van der Waals surface area (Å²) in [6.07, 6.45) is 4.72. The lowest BCUT2D eigenvalue weighted by Crippen LogP contribution is -2.12. The maximum absolute atomic E-state index is 5.39. The zero-order valence-corrected chi connectivity index (χ0v) is 9.66. The van der Waals surface area contributed by atoms with E-state index in [9.17, 15) is 0 Å². The molecule has 0 amide bonds. The molecule has 0 unspecified atom stereocenters. The minimum atomic E-state index is 0.542. The molecule has 0 spiro atoms. The fourth-order valence-electron chi connectivity index (χ4n) is 1.55. The number of anilines is 2. The second-order valence-electron chi connectivity index (χ2n) is 4.20. The number of rotatable bonds is 6. The van der Waals surface area contributed by atoms with Gasteiger partial charge in [-0.3, -0.25) is 0 Å². The molecule has 0 aliphatic heterocycles. The van der Waals surface area contributed by atoms with Gasteiger partial charge < -0.3 is 10.7 Å². The van der Waals surface area contributed by atoms with Crippen LogP contribution in [0.5, 0.6) is 0 Å². The van der Waals surface area contributed by atoms with Crippen LogP contribution in [0, 0.1) is 0 Å². The second-order valence-corrected chi connectivity index (χ2v) is 4.20. The minimum Gasteiger partial charge on any atom is -0.370 e. The number of unbranched alkanes of at least 4 members (excludes halogenated alkanes) is 1. The first kappa shape index (κ1) is 11.1. The highest BCUT2D eigenvalue weighted by atomic mass is 15.3. The van der Waals surface area contributed by atoms with Crippen molar-refractivity contribution in [2.45, 2.75) is 38.5 Å². The van der Waals surface area contributed by atoms with Crippen LogP contribution in [0.3, 0.4) is 0 Å². The lowest BCUT2D eigenvalue weighted by molar-refractivity contribution is 0.826. The van der Waals surface area contributed by atoms with Crippen molar-refractivity contribution in [2.24, 2.45) is 5.84 Å². The third-order valence-electron chi connectivity index (χ3n) is 2.67. The lowest BCUT2D eigenvalue weighted by Gasteiger charge is -2.08. The van der Waals surface area contributed by atoms with Gasteiger partial charge in [0.25, 0.3) is 0 Å². The van der Waals surface area contributed by atoms with Gasteiger partial charge in [0.1, 0.15) is 17.5 Å². The number of aromatic nitrogens is 2. The normalized spacial score (nSPS) is 14.9. The SMILES string of the molecule is CCCCNc1cc(NN)nc(C2CC2)n1. The fourth-order valence-corrected chi connectivity index (χ4v) is 1.55. The predicted molar refractivity (Wildman–Crippen MR) is 65.2 cm³/mol. The van der Waals surface area contributed by atoms with E-state index in [1.165, 1.54) is 19.3 Å². The molecular formula is C11H19N5. The van der Waals surface area contributed by atoms with Crippen LogP contribution in [0.4, 0.5) is 11.6 Å². The molecule has 0 atom stereocenters. The molecule has 1 saturated carbocycles. The number of hydrogen-bond donors (Lipinski definition) is 3. The van der Waals surface area contributed by atoms with E-state index in [2.05, 4.69) is 27.6 Å². The first-order chi connectivity index (χ1) is 7.83. The summed E-state index contributed by atoms with van der Waals surface area (Å²) in [5.74, 6) is 8.41. The van der Waals surface area contributed by atoms with E-state index in [1.807, 2.05) is 6.07 Å². The van der Waals surface area contributed by atoms with Gasteiger partial charge in [-0.15, -0.1) is 0 Å². The Morgan fingerprint density at radius 1 is 1.38 bits per heavy atom. The molecule has 0 radical (unpaired) electrons. The largest absolute Gasteiger partial charge is 0.370 e. The molecule has 2 rings (SSSR count). The van der Waals surface area contributed by atoms with E-state index in [-0.39, 0.29) is 0 Å². The third-order valence-corrected chi connectivity index (χ3v) is 2.67. The molecule has 1 aliphatic carbocycles. The van der Waals surface area contributed by atoms with Crippen molar-refractivity contribution in [3.63, 3.8) is 0 Å². The molecule has 1 fully saturated rings. The van der Waals surface area contributed by atoms with E-state index in [0.717, 1.165) is 24.6 Å². The number of nitrogens with zero attached hydrogens (tertiary/aromatic N) is 2. The van der Waals surface area contributed by atoms with Gasteiger partial charge in [-0.25, -0.2) is 15.8 Å². The Morgan fingerprint density at radius 2 is 2.12 bits per heavy atom. The Labute approximate surface area is 95.8 Å². The van der Waals surface area contributed by atoms with E-state index in [0.29, 0.717) is 11.7 Å². The van der Waals surface area contributed by atoms with Crippen LogP contribution < -0.4 is 16.6 Å². The average molecular weight is 221 g/mol. The standard InChI is InChI=1S/C11H19N5/c1-2-3-6-13-9-7-10(16-12)15-11(14-9)8-4-5-8/h7-8H,2-6,12H2,1H3,(H2,13,14,15,16). The Kier molecular flexibility index (Phi) is 3.56. The summed E-state index contributed by atoms with van der Waals surface area (Å²) >= 11 is 0. The molecule has 4 N–H and O–H groups in total. The van der Waals surface area contributed by atoms with Gasteiger partial charge in [-0.2, -0.15) is 0 Å². The van der Waals surface area contributed by atoms with Gasteiger partial charge in [-0.1, -0.05) is 13.3 Å². The Bertz CT molecular complexity index is 348. The van der Waals surface area contributed by atoms with Gasteiger partial charge in [0.2, 0.25) is 0 Å². The van der Waals surface area contributed by atoms with E-state index in [4.69, 9.17) is 5.84 Å². The van der Waals surface area contributed by atoms with Crippen LogP contribution in [0.25, 0.3) is 0 Å². The van der Waals surface area contributed by atoms with Crippen LogP contribution in [0.15, 0.2) is 6.07 Å². The summed E-state index contributed by atoms with van der Waals surface area (Å²) in [6, 6.07) is 1.85. The van der Waals surface area contributed by atoms with Crippen molar-refractivity contribution < 1.29 is 0 Å². The quantitative estimate of drug-likeness (QED) is 0.388. The highest BCUT2D eigenvalue weighted by molar-refractivity contribution is 5.47. The van der Waals surface area contributed by atoms with Crippen LogP contribution in [-0.2, 0) is 0 Å². The van der Waals surface area contributed by atoms with E-state index >= 15 is 0 Å². The van der Waals surface area contributed by atoms with Crippen molar-refractivity contribution in [1.82, 2.24) is 9.97 Å². The molecular weight excluding hydrogens is 202 g/mol. The minimum absolute atomic E-state index is 0.542.